The van der Waals surface area contributed by atoms with Gasteiger partial charge in [0, 0.05) is 17.8 Å². The molecule has 0 aliphatic heterocycles. The van der Waals surface area contributed by atoms with Crippen LogP contribution >= 0.6 is 0 Å². The second-order valence-corrected chi connectivity index (χ2v) is 4.02. The number of amides is 1. The third kappa shape index (κ3) is 6.38. The number of esters is 2. The van der Waals surface area contributed by atoms with Crippen LogP contribution in [0.3, 0.4) is 0 Å². The molecule has 0 radical (unpaired) electrons. The number of nitrogens with one attached hydrogen (secondary N) is 1. The first-order valence-electron chi connectivity index (χ1n) is 6.44. The minimum absolute atomic E-state index is 0.216. The number of carbonyl (C=O) groups is 3. The van der Waals surface area contributed by atoms with Gasteiger partial charge in [0.25, 0.3) is 5.91 Å². The number of ether oxygens (including phenoxy) is 2. The Labute approximate surface area is 122 Å². The molecule has 1 rings (SSSR count). The van der Waals surface area contributed by atoms with Gasteiger partial charge in [0.2, 0.25) is 0 Å². The van der Waals surface area contributed by atoms with Crippen LogP contribution < -0.4 is 5.32 Å². The molecule has 0 bridgehead atoms. The lowest BCUT2D eigenvalue weighted by atomic mass is 10.3. The SMILES string of the molecule is CCOC(=O)/C=C/C(=O)O[C@H](C)C(=O)Nc1ccccc1. The summed E-state index contributed by atoms with van der Waals surface area (Å²) in [6, 6.07) is 8.79. The summed E-state index contributed by atoms with van der Waals surface area (Å²) in [6.07, 6.45) is 0.891. The van der Waals surface area contributed by atoms with E-state index < -0.39 is 23.9 Å². The van der Waals surface area contributed by atoms with E-state index in [1.165, 1.54) is 6.92 Å². The Kier molecular flexibility index (Phi) is 6.67. The second-order valence-electron chi connectivity index (χ2n) is 4.02. The molecule has 0 heterocycles. The minimum atomic E-state index is -0.982. The number of hydrogen-bond donors (Lipinski definition) is 1. The van der Waals surface area contributed by atoms with Crippen molar-refractivity contribution in [3.8, 4) is 0 Å². The lowest BCUT2D eigenvalue weighted by Gasteiger charge is -2.12. The highest BCUT2D eigenvalue weighted by molar-refractivity contribution is 5.97. The van der Waals surface area contributed by atoms with E-state index >= 15 is 0 Å². The highest BCUT2D eigenvalue weighted by atomic mass is 16.5. The topological polar surface area (TPSA) is 81.7 Å². The van der Waals surface area contributed by atoms with Gasteiger partial charge in [0.1, 0.15) is 0 Å². The quantitative estimate of drug-likeness (QED) is 0.637. The Morgan fingerprint density at radius 2 is 1.76 bits per heavy atom. The summed E-state index contributed by atoms with van der Waals surface area (Å²) >= 11 is 0. The zero-order chi connectivity index (χ0) is 15.7. The predicted molar refractivity (Wildman–Crippen MR) is 76.4 cm³/mol. The van der Waals surface area contributed by atoms with E-state index in [4.69, 9.17) is 4.74 Å². The number of rotatable bonds is 6. The molecule has 1 aromatic rings. The molecule has 6 nitrogen and oxygen atoms in total. The van der Waals surface area contributed by atoms with Gasteiger partial charge in [-0.1, -0.05) is 18.2 Å². The second kappa shape index (κ2) is 8.52. The van der Waals surface area contributed by atoms with Gasteiger partial charge in [-0.05, 0) is 26.0 Å². The molecular formula is C15H17NO5. The molecule has 1 aromatic carbocycles. The molecule has 6 heteroatoms. The first kappa shape index (κ1) is 16.4. The Balaban J connectivity index is 2.45. The number of hydrogen-bond acceptors (Lipinski definition) is 5. The predicted octanol–water partition coefficient (Wildman–Crippen LogP) is 1.68. The maximum atomic E-state index is 11.8. The summed E-state index contributed by atoms with van der Waals surface area (Å²) in [5, 5.41) is 2.60. The fourth-order valence-electron chi connectivity index (χ4n) is 1.36. The summed E-state index contributed by atoms with van der Waals surface area (Å²) in [5.74, 6) is -1.89. The fraction of sp³-hybridized carbons (Fsp3) is 0.267. The largest absolute Gasteiger partial charge is 0.463 e. The van der Waals surface area contributed by atoms with Gasteiger partial charge >= 0.3 is 11.9 Å². The van der Waals surface area contributed by atoms with Crippen LogP contribution in [0.5, 0.6) is 0 Å². The van der Waals surface area contributed by atoms with Gasteiger partial charge in [-0.15, -0.1) is 0 Å². The molecule has 1 amide bonds. The van der Waals surface area contributed by atoms with E-state index in [2.05, 4.69) is 10.1 Å². The molecule has 0 saturated heterocycles. The summed E-state index contributed by atoms with van der Waals surface area (Å²) in [4.78, 5) is 34.2. The molecular weight excluding hydrogens is 274 g/mol. The van der Waals surface area contributed by atoms with E-state index in [9.17, 15) is 14.4 Å². The molecule has 0 unspecified atom stereocenters. The van der Waals surface area contributed by atoms with Crippen LogP contribution in [-0.4, -0.2) is 30.6 Å². The van der Waals surface area contributed by atoms with Gasteiger partial charge < -0.3 is 14.8 Å². The van der Waals surface area contributed by atoms with Gasteiger partial charge in [0.05, 0.1) is 6.61 Å². The van der Waals surface area contributed by atoms with Crippen LogP contribution in [0.4, 0.5) is 5.69 Å². The monoisotopic (exact) mass is 291 g/mol. The average Bonchev–Trinajstić information content (AvgIpc) is 2.46. The highest BCUT2D eigenvalue weighted by Gasteiger charge is 2.16. The summed E-state index contributed by atoms with van der Waals surface area (Å²) in [6.45, 7) is 3.31. The van der Waals surface area contributed by atoms with Crippen molar-refractivity contribution in [3.63, 3.8) is 0 Å². The minimum Gasteiger partial charge on any atom is -0.463 e. The molecule has 0 aromatic heterocycles. The molecule has 0 saturated carbocycles. The lowest BCUT2D eigenvalue weighted by Crippen LogP contribution is -2.29. The number of benzene rings is 1. The summed E-state index contributed by atoms with van der Waals surface area (Å²) < 4.78 is 9.48. The van der Waals surface area contributed by atoms with Crippen molar-refractivity contribution in [2.24, 2.45) is 0 Å². The molecule has 0 fully saturated rings. The smallest absolute Gasteiger partial charge is 0.331 e. The van der Waals surface area contributed by atoms with E-state index in [0.29, 0.717) is 5.69 Å². The van der Waals surface area contributed by atoms with Crippen molar-refractivity contribution in [1.29, 1.82) is 0 Å². The van der Waals surface area contributed by atoms with Crippen LogP contribution in [0.2, 0.25) is 0 Å². The first-order valence-corrected chi connectivity index (χ1v) is 6.44. The lowest BCUT2D eigenvalue weighted by molar-refractivity contribution is -0.148. The van der Waals surface area contributed by atoms with E-state index in [-0.39, 0.29) is 6.61 Å². The molecule has 112 valence electrons. The average molecular weight is 291 g/mol. The third-order valence-electron chi connectivity index (χ3n) is 2.35. The first-order chi connectivity index (χ1) is 10.0. The van der Waals surface area contributed by atoms with Crippen molar-refractivity contribution in [2.45, 2.75) is 20.0 Å². The van der Waals surface area contributed by atoms with E-state index in [1.807, 2.05) is 6.07 Å². The van der Waals surface area contributed by atoms with Crippen molar-refractivity contribution in [1.82, 2.24) is 0 Å². The van der Waals surface area contributed by atoms with Crippen LogP contribution in [0, 0.1) is 0 Å². The number of para-hydroxylation sites is 1. The number of anilines is 1. The van der Waals surface area contributed by atoms with Crippen LogP contribution in [0.25, 0.3) is 0 Å². The molecule has 1 N–H and O–H groups in total. The zero-order valence-corrected chi connectivity index (χ0v) is 11.9. The van der Waals surface area contributed by atoms with Crippen molar-refractivity contribution in [2.75, 3.05) is 11.9 Å². The van der Waals surface area contributed by atoms with Crippen LogP contribution in [0.1, 0.15) is 13.8 Å². The normalized spacial score (nSPS) is 11.7. The van der Waals surface area contributed by atoms with Crippen molar-refractivity contribution >= 4 is 23.5 Å². The van der Waals surface area contributed by atoms with Crippen molar-refractivity contribution in [3.05, 3.63) is 42.5 Å². The third-order valence-corrected chi connectivity index (χ3v) is 2.35. The number of carbonyl (C=O) groups excluding carboxylic acids is 3. The Hall–Kier alpha value is -2.63. The molecule has 0 aliphatic rings. The van der Waals surface area contributed by atoms with Gasteiger partial charge in [0.15, 0.2) is 6.10 Å². The summed E-state index contributed by atoms with van der Waals surface area (Å²) in [7, 11) is 0. The van der Waals surface area contributed by atoms with Crippen LogP contribution in [-0.2, 0) is 23.9 Å². The molecule has 0 aliphatic carbocycles. The fourth-order valence-corrected chi connectivity index (χ4v) is 1.36. The molecule has 1 atom stereocenters. The Morgan fingerprint density at radius 3 is 2.38 bits per heavy atom. The maximum Gasteiger partial charge on any atom is 0.331 e. The van der Waals surface area contributed by atoms with Crippen LogP contribution in [0.15, 0.2) is 42.5 Å². The van der Waals surface area contributed by atoms with Gasteiger partial charge in [-0.3, -0.25) is 4.79 Å². The zero-order valence-electron chi connectivity index (χ0n) is 11.9. The highest BCUT2D eigenvalue weighted by Crippen LogP contribution is 2.06. The Morgan fingerprint density at radius 1 is 1.14 bits per heavy atom. The Bertz CT molecular complexity index is 524. The van der Waals surface area contributed by atoms with Crippen molar-refractivity contribution < 1.29 is 23.9 Å². The van der Waals surface area contributed by atoms with Gasteiger partial charge in [-0.25, -0.2) is 9.59 Å². The molecule has 21 heavy (non-hydrogen) atoms. The van der Waals surface area contributed by atoms with E-state index in [1.54, 1.807) is 31.2 Å². The maximum absolute atomic E-state index is 11.8. The summed E-state index contributed by atoms with van der Waals surface area (Å²) in [5.41, 5.74) is 0.604. The van der Waals surface area contributed by atoms with Gasteiger partial charge in [-0.2, -0.15) is 0 Å². The standard InChI is InChI=1S/C15H17NO5/c1-3-20-13(17)9-10-14(18)21-11(2)15(19)16-12-7-5-4-6-8-12/h4-11H,3H2,1-2H3,(H,16,19)/b10-9+/t11-/m1/s1. The molecule has 0 spiro atoms. The van der Waals surface area contributed by atoms with E-state index in [0.717, 1.165) is 12.2 Å².